The summed E-state index contributed by atoms with van der Waals surface area (Å²) in [5.74, 6) is -0.0353. The van der Waals surface area contributed by atoms with Crippen LogP contribution >= 0.6 is 0 Å². The first-order valence-corrected chi connectivity index (χ1v) is 6.42. The van der Waals surface area contributed by atoms with Gasteiger partial charge in [-0.25, -0.2) is 0 Å². The molecule has 0 aliphatic heterocycles. The van der Waals surface area contributed by atoms with Crippen molar-refractivity contribution in [2.24, 2.45) is 11.7 Å². The molecule has 0 fully saturated rings. The second-order valence-corrected chi connectivity index (χ2v) is 5.42. The molecule has 1 amide bonds. The Hall–Kier alpha value is -1.75. The lowest BCUT2D eigenvalue weighted by molar-refractivity contribution is 0.100. The first-order chi connectivity index (χ1) is 8.81. The van der Waals surface area contributed by atoms with Gasteiger partial charge in [-0.15, -0.1) is 0 Å². The van der Waals surface area contributed by atoms with Gasteiger partial charge in [0.25, 0.3) is 5.91 Å². The summed E-state index contributed by atoms with van der Waals surface area (Å²) in [6.07, 6.45) is 0. The highest BCUT2D eigenvalue weighted by atomic mass is 16.1. The monoisotopic (exact) mass is 264 g/mol. The summed E-state index contributed by atoms with van der Waals surface area (Å²) in [4.78, 5) is 13.4. The van der Waals surface area contributed by atoms with Gasteiger partial charge in [0.2, 0.25) is 0 Å². The number of likely N-dealkylation sites (N-methyl/N-ethyl adjacent to an activating group) is 1. The zero-order chi connectivity index (χ0) is 14.6. The molecule has 0 heterocycles. The van der Waals surface area contributed by atoms with Crippen LogP contribution in [-0.2, 0) is 0 Å². The number of anilines is 2. The van der Waals surface area contributed by atoms with Crippen molar-refractivity contribution in [2.75, 3.05) is 31.7 Å². The van der Waals surface area contributed by atoms with Crippen LogP contribution in [0, 0.1) is 5.92 Å². The van der Waals surface area contributed by atoms with Crippen LogP contribution in [0.4, 0.5) is 11.4 Å². The molecule has 0 bridgehead atoms. The number of nitrogens with two attached hydrogens (primary N) is 2. The molecule has 19 heavy (non-hydrogen) atoms. The number of hydrogen-bond acceptors (Lipinski definition) is 4. The van der Waals surface area contributed by atoms with E-state index in [1.54, 1.807) is 12.1 Å². The van der Waals surface area contributed by atoms with Gasteiger partial charge in [0.05, 0.1) is 5.56 Å². The van der Waals surface area contributed by atoms with Gasteiger partial charge in [0, 0.05) is 24.0 Å². The summed E-state index contributed by atoms with van der Waals surface area (Å²) in [6, 6.07) is 5.57. The molecule has 106 valence electrons. The van der Waals surface area contributed by atoms with Crippen LogP contribution in [0.15, 0.2) is 18.2 Å². The van der Waals surface area contributed by atoms with E-state index in [2.05, 4.69) is 24.1 Å². The van der Waals surface area contributed by atoms with Crippen LogP contribution in [-0.4, -0.2) is 37.5 Å². The van der Waals surface area contributed by atoms with E-state index in [4.69, 9.17) is 11.5 Å². The number of carbonyl (C=O) groups excluding carboxylic acids is 1. The Morgan fingerprint density at radius 2 is 2.00 bits per heavy atom. The second kappa shape index (κ2) is 6.43. The highest BCUT2D eigenvalue weighted by Gasteiger charge is 2.15. The summed E-state index contributed by atoms with van der Waals surface area (Å²) < 4.78 is 0. The minimum absolute atomic E-state index is 0.291. The Morgan fingerprint density at radius 1 is 1.37 bits per heavy atom. The largest absolute Gasteiger partial charge is 0.398 e. The quantitative estimate of drug-likeness (QED) is 0.677. The number of amides is 1. The fraction of sp³-hybridized carbons (Fsp3) is 0.500. The summed E-state index contributed by atoms with van der Waals surface area (Å²) in [5.41, 5.74) is 12.7. The second-order valence-electron chi connectivity index (χ2n) is 5.42. The van der Waals surface area contributed by atoms with Crippen LogP contribution in [0.1, 0.15) is 24.2 Å². The van der Waals surface area contributed by atoms with Crippen LogP contribution in [0.3, 0.4) is 0 Å². The molecule has 5 heteroatoms. The fourth-order valence-electron chi connectivity index (χ4n) is 1.89. The molecule has 0 aromatic heterocycles. The molecule has 0 saturated carbocycles. The lowest BCUT2D eigenvalue weighted by Gasteiger charge is -2.27. The maximum absolute atomic E-state index is 11.3. The molecular weight excluding hydrogens is 240 g/mol. The molecule has 5 nitrogen and oxygen atoms in total. The van der Waals surface area contributed by atoms with Crippen molar-refractivity contribution in [3.05, 3.63) is 23.8 Å². The molecule has 0 aliphatic carbocycles. The number of hydrogen-bond donors (Lipinski definition) is 3. The molecule has 1 atom stereocenters. The number of nitrogen functional groups attached to an aromatic ring is 1. The van der Waals surface area contributed by atoms with Gasteiger partial charge < -0.3 is 21.7 Å². The number of nitrogens with one attached hydrogen (secondary N) is 1. The highest BCUT2D eigenvalue weighted by Crippen LogP contribution is 2.19. The Bertz CT molecular complexity index is 443. The van der Waals surface area contributed by atoms with E-state index in [9.17, 15) is 4.79 Å². The first-order valence-electron chi connectivity index (χ1n) is 6.42. The van der Waals surface area contributed by atoms with Gasteiger partial charge in [-0.3, -0.25) is 4.79 Å². The predicted molar refractivity (Wildman–Crippen MR) is 80.2 cm³/mol. The topological polar surface area (TPSA) is 84.4 Å². The van der Waals surface area contributed by atoms with Gasteiger partial charge in [0.1, 0.15) is 0 Å². The van der Waals surface area contributed by atoms with Crippen molar-refractivity contribution in [3.63, 3.8) is 0 Å². The van der Waals surface area contributed by atoms with E-state index < -0.39 is 5.91 Å². The highest BCUT2D eigenvalue weighted by molar-refractivity contribution is 5.98. The van der Waals surface area contributed by atoms with E-state index in [1.165, 1.54) is 0 Å². The predicted octanol–water partition coefficient (Wildman–Crippen LogP) is 1.37. The van der Waals surface area contributed by atoms with E-state index in [0.29, 0.717) is 23.2 Å². The minimum Gasteiger partial charge on any atom is -0.398 e. The maximum atomic E-state index is 11.3. The third kappa shape index (κ3) is 4.44. The molecule has 1 rings (SSSR count). The normalized spacial score (nSPS) is 12.7. The Morgan fingerprint density at radius 3 is 2.47 bits per heavy atom. The Balaban J connectivity index is 2.90. The van der Waals surface area contributed by atoms with E-state index in [-0.39, 0.29) is 0 Å². The zero-order valence-corrected chi connectivity index (χ0v) is 12.1. The molecule has 1 aromatic carbocycles. The van der Waals surface area contributed by atoms with Crippen LogP contribution in [0.5, 0.6) is 0 Å². The molecule has 0 saturated heterocycles. The van der Waals surface area contributed by atoms with Gasteiger partial charge >= 0.3 is 0 Å². The Labute approximate surface area is 115 Å². The van der Waals surface area contributed by atoms with Crippen LogP contribution in [0.2, 0.25) is 0 Å². The lowest BCUT2D eigenvalue weighted by atomic mass is 10.0. The molecule has 1 unspecified atom stereocenters. The molecule has 1 aromatic rings. The number of carbonyl (C=O) groups is 1. The summed E-state index contributed by atoms with van der Waals surface area (Å²) in [7, 11) is 4.07. The molecule has 5 N–H and O–H groups in total. The number of nitrogens with zero attached hydrogens (tertiary/aromatic N) is 1. The number of benzene rings is 1. The van der Waals surface area contributed by atoms with Crippen molar-refractivity contribution in [1.82, 2.24) is 4.90 Å². The average Bonchev–Trinajstić information content (AvgIpc) is 2.29. The standard InChI is InChI=1S/C14H24N4O/c1-9(2)13(8-18(3)4)17-10-5-6-12(15)11(7-10)14(16)19/h5-7,9,13,17H,8,15H2,1-4H3,(H2,16,19). The minimum atomic E-state index is -0.505. The maximum Gasteiger partial charge on any atom is 0.250 e. The van der Waals surface area contributed by atoms with Gasteiger partial charge in [-0.1, -0.05) is 13.8 Å². The summed E-state index contributed by atoms with van der Waals surface area (Å²) >= 11 is 0. The first kappa shape index (κ1) is 15.3. The molecular formula is C14H24N4O. The van der Waals surface area contributed by atoms with E-state index >= 15 is 0 Å². The van der Waals surface area contributed by atoms with Crippen molar-refractivity contribution < 1.29 is 4.79 Å². The average molecular weight is 264 g/mol. The van der Waals surface area contributed by atoms with Crippen molar-refractivity contribution in [3.8, 4) is 0 Å². The third-order valence-electron chi connectivity index (χ3n) is 3.04. The van der Waals surface area contributed by atoms with Gasteiger partial charge in [-0.05, 0) is 38.2 Å². The SMILES string of the molecule is CC(C)C(CN(C)C)Nc1ccc(N)c(C(N)=O)c1. The Kier molecular flexibility index (Phi) is 5.18. The van der Waals surface area contributed by atoms with Crippen molar-refractivity contribution in [2.45, 2.75) is 19.9 Å². The smallest absolute Gasteiger partial charge is 0.250 e. The molecule has 0 spiro atoms. The molecule has 0 radical (unpaired) electrons. The number of primary amides is 1. The van der Waals surface area contributed by atoms with Gasteiger partial charge in [-0.2, -0.15) is 0 Å². The van der Waals surface area contributed by atoms with Crippen LogP contribution < -0.4 is 16.8 Å². The van der Waals surface area contributed by atoms with Crippen molar-refractivity contribution >= 4 is 17.3 Å². The van der Waals surface area contributed by atoms with Crippen LogP contribution in [0.25, 0.3) is 0 Å². The lowest BCUT2D eigenvalue weighted by Crippen LogP contribution is -2.36. The fourth-order valence-corrected chi connectivity index (χ4v) is 1.89. The van der Waals surface area contributed by atoms with Gasteiger partial charge in [0.15, 0.2) is 0 Å². The van der Waals surface area contributed by atoms with Crippen molar-refractivity contribution in [1.29, 1.82) is 0 Å². The van der Waals surface area contributed by atoms with E-state index in [1.807, 2.05) is 20.2 Å². The zero-order valence-electron chi connectivity index (χ0n) is 12.1. The molecule has 0 aliphatic rings. The van der Waals surface area contributed by atoms with E-state index in [0.717, 1.165) is 12.2 Å². The third-order valence-corrected chi connectivity index (χ3v) is 3.04. The summed E-state index contributed by atoms with van der Waals surface area (Å²) in [6.45, 7) is 5.23. The number of rotatable bonds is 6. The summed E-state index contributed by atoms with van der Waals surface area (Å²) in [5, 5.41) is 3.43.